The Hall–Kier alpha value is -2.54. The van der Waals surface area contributed by atoms with Crippen molar-refractivity contribution in [3.63, 3.8) is 0 Å². The molecule has 1 heterocycles. The van der Waals surface area contributed by atoms with Gasteiger partial charge in [-0.05, 0) is 30.9 Å². The van der Waals surface area contributed by atoms with Crippen LogP contribution in [0.2, 0.25) is 5.15 Å². The normalized spacial score (nSPS) is 12.5. The summed E-state index contributed by atoms with van der Waals surface area (Å²) in [6.45, 7) is 0. The average molecular weight is 380 g/mol. The Morgan fingerprint density at radius 3 is 2.27 bits per heavy atom. The maximum absolute atomic E-state index is 9.43. The van der Waals surface area contributed by atoms with Gasteiger partial charge < -0.3 is 19.1 Å². The number of methoxy groups -OCH3 is 2. The van der Waals surface area contributed by atoms with E-state index in [4.69, 9.17) is 25.8 Å². The van der Waals surface area contributed by atoms with Crippen molar-refractivity contribution < 1.29 is 19.0 Å². The first-order valence-electron chi connectivity index (χ1n) is 8.03. The van der Waals surface area contributed by atoms with E-state index in [1.54, 1.807) is 27.3 Å². The third-order valence-electron chi connectivity index (χ3n) is 3.57. The molecule has 1 aliphatic rings. The Morgan fingerprint density at radius 1 is 1.12 bits per heavy atom. The van der Waals surface area contributed by atoms with Crippen LogP contribution >= 0.6 is 11.6 Å². The number of carbonyl (C=O) groups is 1. The molecule has 8 heteroatoms. The fourth-order valence-electron chi connectivity index (χ4n) is 2.23. The number of hydrogen-bond acceptors (Lipinski definition) is 6. The summed E-state index contributed by atoms with van der Waals surface area (Å²) in [7, 11) is 6.57. The third kappa shape index (κ3) is 5.23. The summed E-state index contributed by atoms with van der Waals surface area (Å²) in [5.41, 5.74) is 1.07. The first-order chi connectivity index (χ1) is 12.5. The molecular formula is C18H22ClN3O4. The maximum atomic E-state index is 9.43. The number of benzene rings is 1. The largest absolute Gasteiger partial charge is 0.496 e. The summed E-state index contributed by atoms with van der Waals surface area (Å²) in [5, 5.41) is 8.00. The zero-order valence-electron chi connectivity index (χ0n) is 15.2. The second-order valence-electron chi connectivity index (χ2n) is 5.86. The quantitative estimate of drug-likeness (QED) is 0.715. The molecule has 0 spiro atoms. The minimum atomic E-state index is 0.257. The molecule has 140 valence electrons. The van der Waals surface area contributed by atoms with Crippen LogP contribution in [0.5, 0.6) is 23.1 Å². The molecule has 0 saturated heterocycles. The zero-order valence-corrected chi connectivity index (χ0v) is 16.0. The second-order valence-corrected chi connectivity index (χ2v) is 6.25. The Bertz CT molecular complexity index is 751. The van der Waals surface area contributed by atoms with E-state index in [9.17, 15) is 4.79 Å². The van der Waals surface area contributed by atoms with Crippen molar-refractivity contribution in [3.05, 3.63) is 35.0 Å². The van der Waals surface area contributed by atoms with Crippen molar-refractivity contribution >= 4 is 18.0 Å². The predicted molar refractivity (Wildman–Crippen MR) is 98.4 cm³/mol. The molecule has 1 aromatic heterocycles. The number of rotatable bonds is 6. The van der Waals surface area contributed by atoms with E-state index in [2.05, 4.69) is 10.2 Å². The van der Waals surface area contributed by atoms with Gasteiger partial charge >= 0.3 is 0 Å². The molecule has 0 aliphatic heterocycles. The fraction of sp³-hybridized carbons (Fsp3) is 0.389. The van der Waals surface area contributed by atoms with Gasteiger partial charge in [0.05, 0.1) is 14.2 Å². The number of aromatic nitrogens is 2. The molecular weight excluding hydrogens is 358 g/mol. The molecule has 0 N–H and O–H groups in total. The number of hydrogen-bond donors (Lipinski definition) is 0. The first-order valence-corrected chi connectivity index (χ1v) is 8.41. The van der Waals surface area contributed by atoms with Crippen LogP contribution in [0.4, 0.5) is 0 Å². The third-order valence-corrected chi connectivity index (χ3v) is 3.75. The highest BCUT2D eigenvalue weighted by Gasteiger charge is 2.30. The highest BCUT2D eigenvalue weighted by atomic mass is 35.5. The summed E-state index contributed by atoms with van der Waals surface area (Å²) >= 11 is 5.81. The van der Waals surface area contributed by atoms with Gasteiger partial charge in [0.25, 0.3) is 5.88 Å². The molecule has 1 amide bonds. The Morgan fingerprint density at radius 2 is 1.73 bits per heavy atom. The van der Waals surface area contributed by atoms with Crippen molar-refractivity contribution in [3.8, 4) is 23.1 Å². The van der Waals surface area contributed by atoms with Gasteiger partial charge in [0.15, 0.2) is 10.9 Å². The lowest BCUT2D eigenvalue weighted by Gasteiger charge is -2.14. The lowest BCUT2D eigenvalue weighted by atomic mass is 10.1. The molecule has 7 nitrogen and oxygen atoms in total. The zero-order chi connectivity index (χ0) is 19.1. The van der Waals surface area contributed by atoms with Crippen molar-refractivity contribution in [1.29, 1.82) is 0 Å². The standard InChI is InChI=1S/C15H15ClN2O3.C3H7NO/c1-19-10-4-3-5-11(14(10)9-6-7-9)21-15-12(20-2)8-13(16)17-18-15;1-4(2)3-5/h3-5,8-9H,6-7H2,1-2H3;3H,1-2H3. The van der Waals surface area contributed by atoms with Crippen LogP contribution < -0.4 is 14.2 Å². The number of nitrogens with zero attached hydrogens (tertiary/aromatic N) is 3. The fourth-order valence-corrected chi connectivity index (χ4v) is 2.36. The Labute approximate surface area is 157 Å². The maximum Gasteiger partial charge on any atom is 0.281 e. The van der Waals surface area contributed by atoms with Gasteiger partial charge in [-0.1, -0.05) is 17.7 Å². The van der Waals surface area contributed by atoms with Crippen molar-refractivity contribution in [2.45, 2.75) is 18.8 Å². The molecule has 0 bridgehead atoms. The molecule has 0 unspecified atom stereocenters. The van der Waals surface area contributed by atoms with Crippen LogP contribution in [0.3, 0.4) is 0 Å². The first kappa shape index (κ1) is 19.8. The molecule has 1 saturated carbocycles. The molecule has 1 aromatic carbocycles. The van der Waals surface area contributed by atoms with Crippen LogP contribution in [0, 0.1) is 0 Å². The van der Waals surface area contributed by atoms with Crippen LogP contribution in [0.15, 0.2) is 24.3 Å². The lowest BCUT2D eigenvalue weighted by molar-refractivity contribution is -0.115. The molecule has 26 heavy (non-hydrogen) atoms. The van der Waals surface area contributed by atoms with E-state index in [1.807, 2.05) is 18.2 Å². The molecule has 1 fully saturated rings. The van der Waals surface area contributed by atoms with Gasteiger partial charge in [0.2, 0.25) is 6.41 Å². The van der Waals surface area contributed by atoms with Crippen molar-refractivity contribution in [2.75, 3.05) is 28.3 Å². The van der Waals surface area contributed by atoms with Gasteiger partial charge in [-0.25, -0.2) is 0 Å². The number of amides is 1. The summed E-state index contributed by atoms with van der Waals surface area (Å²) < 4.78 is 16.6. The molecule has 0 atom stereocenters. The second kappa shape index (κ2) is 9.24. The highest BCUT2D eigenvalue weighted by Crippen LogP contribution is 2.49. The number of halogens is 1. The SMILES string of the molecule is CN(C)C=O.COc1cc(Cl)nnc1Oc1cccc(OC)c1C1CC1. The van der Waals surface area contributed by atoms with E-state index in [1.165, 1.54) is 12.0 Å². The van der Waals surface area contributed by atoms with Crippen LogP contribution in [-0.2, 0) is 4.79 Å². The minimum Gasteiger partial charge on any atom is -0.496 e. The summed E-state index contributed by atoms with van der Waals surface area (Å²) in [6.07, 6.45) is 3.03. The van der Waals surface area contributed by atoms with E-state index >= 15 is 0 Å². The molecule has 3 rings (SSSR count). The van der Waals surface area contributed by atoms with Crippen molar-refractivity contribution in [2.24, 2.45) is 0 Å². The van der Waals surface area contributed by atoms with Gasteiger partial charge in [0.1, 0.15) is 11.5 Å². The minimum absolute atomic E-state index is 0.257. The van der Waals surface area contributed by atoms with Crippen LogP contribution in [0.1, 0.15) is 24.3 Å². The Balaban J connectivity index is 0.000000431. The van der Waals surface area contributed by atoms with E-state index in [-0.39, 0.29) is 11.0 Å². The van der Waals surface area contributed by atoms with E-state index in [0.717, 1.165) is 30.6 Å². The summed E-state index contributed by atoms with van der Waals surface area (Å²) in [6, 6.07) is 7.29. The van der Waals surface area contributed by atoms with Crippen LogP contribution in [-0.4, -0.2) is 49.8 Å². The van der Waals surface area contributed by atoms with E-state index in [0.29, 0.717) is 17.4 Å². The molecule has 2 aromatic rings. The van der Waals surface area contributed by atoms with Gasteiger partial charge in [-0.2, -0.15) is 0 Å². The number of carbonyl (C=O) groups excluding carboxylic acids is 1. The average Bonchev–Trinajstić information content (AvgIpc) is 3.48. The summed E-state index contributed by atoms with van der Waals surface area (Å²) in [5.74, 6) is 2.75. The van der Waals surface area contributed by atoms with Gasteiger partial charge in [-0.3, -0.25) is 4.79 Å². The van der Waals surface area contributed by atoms with Gasteiger partial charge in [-0.15, -0.1) is 10.2 Å². The smallest absolute Gasteiger partial charge is 0.281 e. The monoisotopic (exact) mass is 379 g/mol. The van der Waals surface area contributed by atoms with Gasteiger partial charge in [0, 0.05) is 25.7 Å². The lowest BCUT2D eigenvalue weighted by Crippen LogP contribution is -2.06. The molecule has 0 radical (unpaired) electrons. The Kier molecular flexibility index (Phi) is 7.03. The molecule has 1 aliphatic carbocycles. The topological polar surface area (TPSA) is 73.8 Å². The predicted octanol–water partition coefficient (Wildman–Crippen LogP) is 3.52. The van der Waals surface area contributed by atoms with Crippen LogP contribution in [0.25, 0.3) is 0 Å². The highest BCUT2D eigenvalue weighted by molar-refractivity contribution is 6.29. The number of ether oxygens (including phenoxy) is 3. The van der Waals surface area contributed by atoms with Crippen molar-refractivity contribution in [1.82, 2.24) is 15.1 Å². The van der Waals surface area contributed by atoms with E-state index < -0.39 is 0 Å². The summed E-state index contributed by atoms with van der Waals surface area (Å²) in [4.78, 5) is 10.9.